The van der Waals surface area contributed by atoms with Gasteiger partial charge in [-0.05, 0) is 30.5 Å². The molecule has 1 aliphatic heterocycles. The Hall–Kier alpha value is -1.06. The maximum Gasteiger partial charge on any atom is 0.119 e. The zero-order chi connectivity index (χ0) is 12.1. The van der Waals surface area contributed by atoms with Gasteiger partial charge in [-0.2, -0.15) is 0 Å². The molecule has 0 aromatic heterocycles. The van der Waals surface area contributed by atoms with E-state index in [1.54, 1.807) is 0 Å². The third-order valence-electron chi connectivity index (χ3n) is 3.24. The first-order valence-corrected chi connectivity index (χ1v) is 6.35. The zero-order valence-corrected chi connectivity index (χ0v) is 10.4. The lowest BCUT2D eigenvalue weighted by atomic mass is 10.1. The van der Waals surface area contributed by atoms with E-state index in [1.807, 2.05) is 18.2 Å². The summed E-state index contributed by atoms with van der Waals surface area (Å²) in [5, 5.41) is 0. The minimum absolute atomic E-state index is 0.105. The number of hydrogen-bond donors (Lipinski definition) is 1. The predicted molar refractivity (Wildman–Crippen MR) is 68.1 cm³/mol. The Kier molecular flexibility index (Phi) is 4.40. The molecule has 0 aliphatic carbocycles. The molecule has 0 saturated carbocycles. The maximum absolute atomic E-state index is 6.01. The van der Waals surface area contributed by atoms with Crippen LogP contribution >= 0.6 is 0 Å². The summed E-state index contributed by atoms with van der Waals surface area (Å²) in [6.45, 7) is 4.53. The Morgan fingerprint density at radius 3 is 3.12 bits per heavy atom. The highest BCUT2D eigenvalue weighted by atomic mass is 16.5. The second-order valence-corrected chi connectivity index (χ2v) is 4.63. The summed E-state index contributed by atoms with van der Waals surface area (Å²) in [5.41, 5.74) is 7.15. The van der Waals surface area contributed by atoms with Crippen LogP contribution in [-0.2, 0) is 4.74 Å². The van der Waals surface area contributed by atoms with E-state index >= 15 is 0 Å². The van der Waals surface area contributed by atoms with Gasteiger partial charge in [-0.15, -0.1) is 0 Å². The third kappa shape index (κ3) is 3.45. The molecule has 0 radical (unpaired) electrons. The summed E-state index contributed by atoms with van der Waals surface area (Å²) in [7, 11) is 0. The molecule has 17 heavy (non-hydrogen) atoms. The summed E-state index contributed by atoms with van der Waals surface area (Å²) in [6.07, 6.45) is 2.05. The van der Waals surface area contributed by atoms with E-state index in [1.165, 1.54) is 0 Å². The lowest BCUT2D eigenvalue weighted by Gasteiger charge is -2.13. The first-order valence-electron chi connectivity index (χ1n) is 6.35. The van der Waals surface area contributed by atoms with Crippen molar-refractivity contribution in [3.8, 4) is 5.75 Å². The quantitative estimate of drug-likeness (QED) is 0.853. The van der Waals surface area contributed by atoms with Gasteiger partial charge in [0.2, 0.25) is 0 Å². The second kappa shape index (κ2) is 6.03. The standard InChI is InChI=1S/C14H21NO2/c1-2-14(15)12-4-3-5-13(8-12)17-10-11-6-7-16-9-11/h3-5,8,11,14H,2,6-7,9-10,15H2,1H3. The van der Waals surface area contributed by atoms with E-state index in [0.717, 1.165) is 44.0 Å². The predicted octanol–water partition coefficient (Wildman–Crippen LogP) is 2.51. The van der Waals surface area contributed by atoms with Crippen LogP contribution in [0, 0.1) is 5.92 Å². The van der Waals surface area contributed by atoms with Gasteiger partial charge in [0, 0.05) is 18.6 Å². The Morgan fingerprint density at radius 2 is 2.41 bits per heavy atom. The number of rotatable bonds is 5. The monoisotopic (exact) mass is 235 g/mol. The lowest BCUT2D eigenvalue weighted by molar-refractivity contribution is 0.167. The number of hydrogen-bond acceptors (Lipinski definition) is 3. The van der Waals surface area contributed by atoms with E-state index in [-0.39, 0.29) is 6.04 Å². The minimum atomic E-state index is 0.105. The number of benzene rings is 1. The van der Waals surface area contributed by atoms with Crippen molar-refractivity contribution < 1.29 is 9.47 Å². The lowest BCUT2D eigenvalue weighted by Crippen LogP contribution is -2.12. The summed E-state index contributed by atoms with van der Waals surface area (Å²) in [6, 6.07) is 8.20. The van der Waals surface area contributed by atoms with Crippen molar-refractivity contribution >= 4 is 0 Å². The van der Waals surface area contributed by atoms with Gasteiger partial charge in [0.1, 0.15) is 5.75 Å². The summed E-state index contributed by atoms with van der Waals surface area (Å²) in [4.78, 5) is 0. The maximum atomic E-state index is 6.01. The van der Waals surface area contributed by atoms with E-state index in [0.29, 0.717) is 5.92 Å². The van der Waals surface area contributed by atoms with Crippen molar-refractivity contribution in [2.24, 2.45) is 11.7 Å². The van der Waals surface area contributed by atoms with Crippen molar-refractivity contribution in [1.29, 1.82) is 0 Å². The van der Waals surface area contributed by atoms with E-state index < -0.39 is 0 Å². The normalized spacial score (nSPS) is 21.4. The Balaban J connectivity index is 1.91. The molecule has 94 valence electrons. The van der Waals surface area contributed by atoms with Crippen LogP contribution in [0.5, 0.6) is 5.75 Å². The SMILES string of the molecule is CCC(N)c1cccc(OCC2CCOC2)c1. The highest BCUT2D eigenvalue weighted by molar-refractivity contribution is 5.30. The van der Waals surface area contributed by atoms with Crippen LogP contribution in [0.15, 0.2) is 24.3 Å². The Labute approximate surface area is 103 Å². The molecule has 1 aromatic rings. The summed E-state index contributed by atoms with van der Waals surface area (Å²) >= 11 is 0. The Bertz CT molecular complexity index is 348. The molecule has 0 amide bonds. The van der Waals surface area contributed by atoms with E-state index in [4.69, 9.17) is 15.2 Å². The van der Waals surface area contributed by atoms with Gasteiger partial charge in [-0.25, -0.2) is 0 Å². The van der Waals surface area contributed by atoms with Gasteiger partial charge in [-0.3, -0.25) is 0 Å². The highest BCUT2D eigenvalue weighted by Gasteiger charge is 2.16. The van der Waals surface area contributed by atoms with Crippen LogP contribution in [0.3, 0.4) is 0 Å². The second-order valence-electron chi connectivity index (χ2n) is 4.63. The fraction of sp³-hybridized carbons (Fsp3) is 0.571. The van der Waals surface area contributed by atoms with Gasteiger partial charge in [0.05, 0.1) is 13.2 Å². The van der Waals surface area contributed by atoms with Gasteiger partial charge in [0.25, 0.3) is 0 Å². The van der Waals surface area contributed by atoms with Crippen molar-refractivity contribution in [3.05, 3.63) is 29.8 Å². The Morgan fingerprint density at radius 1 is 1.53 bits per heavy atom. The largest absolute Gasteiger partial charge is 0.493 e. The van der Waals surface area contributed by atoms with E-state index in [2.05, 4.69) is 13.0 Å². The van der Waals surface area contributed by atoms with Gasteiger partial charge in [-0.1, -0.05) is 19.1 Å². The summed E-state index contributed by atoms with van der Waals surface area (Å²) < 4.78 is 11.1. The minimum Gasteiger partial charge on any atom is -0.493 e. The fourth-order valence-corrected chi connectivity index (χ4v) is 2.00. The molecule has 1 saturated heterocycles. The van der Waals surface area contributed by atoms with Crippen molar-refractivity contribution in [2.45, 2.75) is 25.8 Å². The van der Waals surface area contributed by atoms with Crippen LogP contribution in [0.4, 0.5) is 0 Å². The van der Waals surface area contributed by atoms with Crippen LogP contribution < -0.4 is 10.5 Å². The first-order chi connectivity index (χ1) is 8.29. The van der Waals surface area contributed by atoms with Crippen molar-refractivity contribution in [2.75, 3.05) is 19.8 Å². The molecule has 2 N–H and O–H groups in total. The molecule has 2 unspecified atom stereocenters. The molecule has 0 spiro atoms. The fourth-order valence-electron chi connectivity index (χ4n) is 2.00. The zero-order valence-electron chi connectivity index (χ0n) is 10.4. The molecule has 0 bridgehead atoms. The average molecular weight is 235 g/mol. The first kappa shape index (κ1) is 12.4. The van der Waals surface area contributed by atoms with Gasteiger partial charge >= 0.3 is 0 Å². The van der Waals surface area contributed by atoms with Crippen LogP contribution in [0.2, 0.25) is 0 Å². The highest BCUT2D eigenvalue weighted by Crippen LogP contribution is 2.21. The smallest absolute Gasteiger partial charge is 0.119 e. The van der Waals surface area contributed by atoms with Crippen molar-refractivity contribution in [1.82, 2.24) is 0 Å². The molecular weight excluding hydrogens is 214 g/mol. The molecule has 2 atom stereocenters. The van der Waals surface area contributed by atoms with Gasteiger partial charge in [0.15, 0.2) is 0 Å². The topological polar surface area (TPSA) is 44.5 Å². The molecule has 3 nitrogen and oxygen atoms in total. The summed E-state index contributed by atoms with van der Waals surface area (Å²) in [5.74, 6) is 1.46. The molecule has 1 aromatic carbocycles. The van der Waals surface area contributed by atoms with Crippen molar-refractivity contribution in [3.63, 3.8) is 0 Å². The average Bonchev–Trinajstić information content (AvgIpc) is 2.89. The number of ether oxygens (including phenoxy) is 2. The van der Waals surface area contributed by atoms with E-state index in [9.17, 15) is 0 Å². The molecule has 1 fully saturated rings. The molecule has 3 heteroatoms. The van der Waals surface area contributed by atoms with Crippen LogP contribution in [0.1, 0.15) is 31.4 Å². The molecular formula is C14H21NO2. The van der Waals surface area contributed by atoms with Gasteiger partial charge < -0.3 is 15.2 Å². The molecule has 1 aliphatic rings. The van der Waals surface area contributed by atoms with Crippen LogP contribution in [-0.4, -0.2) is 19.8 Å². The van der Waals surface area contributed by atoms with Crippen LogP contribution in [0.25, 0.3) is 0 Å². The third-order valence-corrected chi connectivity index (χ3v) is 3.24. The molecule has 1 heterocycles. The molecule has 2 rings (SSSR count). The number of nitrogens with two attached hydrogens (primary N) is 1.